The van der Waals surface area contributed by atoms with Crippen molar-refractivity contribution in [2.24, 2.45) is 0 Å². The number of hydrogen-bond donors (Lipinski definition) is 0. The molecule has 0 aliphatic rings. The third-order valence-electron chi connectivity index (χ3n) is 4.09. The van der Waals surface area contributed by atoms with Gasteiger partial charge in [-0.15, -0.1) is 0 Å². The monoisotopic (exact) mass is 287 g/mol. The van der Waals surface area contributed by atoms with E-state index in [0.717, 1.165) is 6.42 Å². The first kappa shape index (κ1) is 17.9. The second-order valence-corrected chi connectivity index (χ2v) is 6.05. The highest BCUT2D eigenvalue weighted by molar-refractivity contribution is 5.99. The fourth-order valence-corrected chi connectivity index (χ4v) is 2.67. The molecule has 0 aliphatic carbocycles. The van der Waals surface area contributed by atoms with Crippen LogP contribution in [0, 0.1) is 6.92 Å². The van der Waals surface area contributed by atoms with Crippen LogP contribution < -0.4 is 0 Å². The van der Waals surface area contributed by atoms with E-state index in [2.05, 4.69) is 26.0 Å². The molecule has 0 fully saturated rings. The molecule has 1 nitrogen and oxygen atoms in total. The quantitative estimate of drug-likeness (QED) is 0.332. The Hall–Kier alpha value is -1.11. The summed E-state index contributed by atoms with van der Waals surface area (Å²) in [5.74, 6) is -0.0968. The van der Waals surface area contributed by atoms with Crippen molar-refractivity contribution < 1.29 is 4.79 Å². The molecule has 1 heteroatoms. The first-order valence-electron chi connectivity index (χ1n) is 8.69. The van der Waals surface area contributed by atoms with E-state index in [4.69, 9.17) is 0 Å². The van der Waals surface area contributed by atoms with E-state index in [1.54, 1.807) is 0 Å². The molecule has 1 rings (SSSR count). The normalized spacial score (nSPS) is 10.8. The smallest absolute Gasteiger partial charge is 0.163 e. The van der Waals surface area contributed by atoms with Gasteiger partial charge in [-0.25, -0.2) is 0 Å². The predicted molar refractivity (Wildman–Crippen MR) is 91.7 cm³/mol. The molecule has 0 saturated heterocycles. The standard InChI is InChI=1S/C20H31O/c1-3-4-5-6-7-8-9-10-11-12-13-19-14-16-20(17-15-19)18(2)21/h14-17H,2-13H2,1H3. The fraction of sp³-hybridized carbons (Fsp3) is 0.600. The lowest BCUT2D eigenvalue weighted by molar-refractivity contribution is 0.104. The molecule has 0 bridgehead atoms. The summed E-state index contributed by atoms with van der Waals surface area (Å²) in [5, 5.41) is 0. The Morgan fingerprint density at radius 2 is 1.29 bits per heavy atom. The summed E-state index contributed by atoms with van der Waals surface area (Å²) < 4.78 is 0. The zero-order chi connectivity index (χ0) is 15.3. The largest absolute Gasteiger partial charge is 0.294 e. The predicted octanol–water partition coefficient (Wildman–Crippen LogP) is 6.17. The molecule has 117 valence electrons. The average molecular weight is 287 g/mol. The maximum absolute atomic E-state index is 11.1. The Bertz CT molecular complexity index is 377. The van der Waals surface area contributed by atoms with Crippen molar-refractivity contribution in [1.82, 2.24) is 0 Å². The third kappa shape index (κ3) is 8.70. The number of unbranched alkanes of at least 4 members (excludes halogenated alkanes) is 9. The average Bonchev–Trinajstić information content (AvgIpc) is 2.49. The molecule has 1 aromatic carbocycles. The third-order valence-corrected chi connectivity index (χ3v) is 4.09. The van der Waals surface area contributed by atoms with Crippen LogP contribution in [0.2, 0.25) is 0 Å². The van der Waals surface area contributed by atoms with Crippen LogP contribution in [-0.2, 0) is 6.42 Å². The van der Waals surface area contributed by atoms with Crippen molar-refractivity contribution in [3.8, 4) is 0 Å². The summed E-state index contributed by atoms with van der Waals surface area (Å²) in [5.41, 5.74) is 2.04. The molecule has 0 saturated carbocycles. The molecule has 0 aromatic heterocycles. The number of hydrogen-bond acceptors (Lipinski definition) is 1. The molecule has 21 heavy (non-hydrogen) atoms. The molecule has 1 radical (unpaired) electrons. The van der Waals surface area contributed by atoms with Crippen LogP contribution in [0.25, 0.3) is 0 Å². The van der Waals surface area contributed by atoms with Crippen LogP contribution >= 0.6 is 0 Å². The molecule has 1 aromatic rings. The van der Waals surface area contributed by atoms with Gasteiger partial charge in [0, 0.05) is 12.5 Å². The van der Waals surface area contributed by atoms with Crippen LogP contribution in [0.5, 0.6) is 0 Å². The number of aryl methyl sites for hydroxylation is 1. The molecule has 0 aliphatic heterocycles. The van der Waals surface area contributed by atoms with Gasteiger partial charge in [-0.1, -0.05) is 89.0 Å². The highest BCUT2D eigenvalue weighted by atomic mass is 16.1. The Labute approximate surface area is 131 Å². The molecular formula is C20H31O. The Balaban J connectivity index is 1.98. The number of Topliss-reactive ketones (excluding diaryl/α,β-unsaturated/α-hetero) is 1. The topological polar surface area (TPSA) is 17.1 Å². The van der Waals surface area contributed by atoms with E-state index >= 15 is 0 Å². The molecule has 0 amide bonds. The number of carbonyl (C=O) groups excluding carboxylic acids is 1. The first-order valence-corrected chi connectivity index (χ1v) is 8.69. The summed E-state index contributed by atoms with van der Waals surface area (Å²) in [7, 11) is 0. The summed E-state index contributed by atoms with van der Waals surface area (Å²) in [6, 6.07) is 7.90. The van der Waals surface area contributed by atoms with Crippen LogP contribution in [0.4, 0.5) is 0 Å². The first-order chi connectivity index (χ1) is 10.2. The second kappa shape index (κ2) is 11.5. The van der Waals surface area contributed by atoms with Crippen molar-refractivity contribution in [2.45, 2.75) is 77.6 Å². The molecule has 0 heterocycles. The van der Waals surface area contributed by atoms with E-state index in [-0.39, 0.29) is 5.78 Å². The highest BCUT2D eigenvalue weighted by Gasteiger charge is 1.99. The van der Waals surface area contributed by atoms with Crippen molar-refractivity contribution in [3.05, 3.63) is 42.3 Å². The van der Waals surface area contributed by atoms with E-state index in [0.29, 0.717) is 5.56 Å². The number of ketones is 1. The van der Waals surface area contributed by atoms with Gasteiger partial charge in [-0.05, 0) is 18.4 Å². The van der Waals surface area contributed by atoms with Gasteiger partial charge in [-0.3, -0.25) is 4.79 Å². The van der Waals surface area contributed by atoms with Crippen LogP contribution in [0.15, 0.2) is 24.3 Å². The molecule has 0 N–H and O–H groups in total. The minimum Gasteiger partial charge on any atom is -0.294 e. The minimum absolute atomic E-state index is 0.0968. The second-order valence-electron chi connectivity index (χ2n) is 6.05. The maximum atomic E-state index is 11.1. The van der Waals surface area contributed by atoms with Crippen molar-refractivity contribution in [3.63, 3.8) is 0 Å². The van der Waals surface area contributed by atoms with Crippen LogP contribution in [0.3, 0.4) is 0 Å². The summed E-state index contributed by atoms with van der Waals surface area (Å²) in [6.07, 6.45) is 14.9. The maximum Gasteiger partial charge on any atom is 0.163 e. The number of rotatable bonds is 12. The summed E-state index contributed by atoms with van der Waals surface area (Å²) in [4.78, 5) is 11.1. The van der Waals surface area contributed by atoms with Gasteiger partial charge < -0.3 is 0 Å². The zero-order valence-corrected chi connectivity index (χ0v) is 13.7. The van der Waals surface area contributed by atoms with Crippen molar-refractivity contribution in [2.75, 3.05) is 0 Å². The van der Waals surface area contributed by atoms with E-state index in [9.17, 15) is 4.79 Å². The highest BCUT2D eigenvalue weighted by Crippen LogP contribution is 2.13. The Morgan fingerprint density at radius 1 is 0.810 bits per heavy atom. The lowest BCUT2D eigenvalue weighted by Gasteiger charge is -2.04. The van der Waals surface area contributed by atoms with Crippen molar-refractivity contribution >= 4 is 5.78 Å². The lowest BCUT2D eigenvalue weighted by atomic mass is 10.0. The molecule has 0 unspecified atom stereocenters. The van der Waals surface area contributed by atoms with Gasteiger partial charge in [0.05, 0.1) is 0 Å². The van der Waals surface area contributed by atoms with Gasteiger partial charge in [0.2, 0.25) is 0 Å². The van der Waals surface area contributed by atoms with Crippen molar-refractivity contribution in [1.29, 1.82) is 0 Å². The van der Waals surface area contributed by atoms with Gasteiger partial charge in [0.15, 0.2) is 5.78 Å². The van der Waals surface area contributed by atoms with E-state index in [1.807, 2.05) is 12.1 Å². The van der Waals surface area contributed by atoms with Crippen LogP contribution in [0.1, 0.15) is 87.1 Å². The lowest BCUT2D eigenvalue weighted by Crippen LogP contribution is -1.93. The zero-order valence-electron chi connectivity index (χ0n) is 13.7. The minimum atomic E-state index is -0.0968. The molecule has 0 atom stereocenters. The van der Waals surface area contributed by atoms with Crippen LogP contribution in [-0.4, -0.2) is 5.78 Å². The fourth-order valence-electron chi connectivity index (χ4n) is 2.67. The Morgan fingerprint density at radius 3 is 1.76 bits per heavy atom. The van der Waals surface area contributed by atoms with Gasteiger partial charge in [0.25, 0.3) is 0 Å². The summed E-state index contributed by atoms with van der Waals surface area (Å²) in [6.45, 7) is 5.70. The molecule has 0 spiro atoms. The van der Waals surface area contributed by atoms with Gasteiger partial charge in [-0.2, -0.15) is 0 Å². The number of benzene rings is 1. The summed E-state index contributed by atoms with van der Waals surface area (Å²) >= 11 is 0. The Kier molecular flexibility index (Phi) is 9.86. The SMILES string of the molecule is [CH2]C(=O)c1ccc(CCCCCCCCCCCC)cc1. The molecular weight excluding hydrogens is 256 g/mol. The van der Waals surface area contributed by atoms with Gasteiger partial charge in [0.1, 0.15) is 0 Å². The van der Waals surface area contributed by atoms with Gasteiger partial charge >= 0.3 is 0 Å². The van der Waals surface area contributed by atoms with E-state index < -0.39 is 0 Å². The van der Waals surface area contributed by atoms with E-state index in [1.165, 1.54) is 69.8 Å². The number of carbonyl (C=O) groups is 1.